The number of amides is 1. The second-order valence-electron chi connectivity index (χ2n) is 4.79. The fraction of sp³-hybridized carbons (Fsp3) is 0.636. The molecule has 1 heterocycles. The van der Waals surface area contributed by atoms with Gasteiger partial charge in [-0.15, -0.1) is 0 Å². The van der Waals surface area contributed by atoms with Crippen molar-refractivity contribution < 1.29 is 4.79 Å². The summed E-state index contributed by atoms with van der Waals surface area (Å²) < 4.78 is 2.97. The Morgan fingerprint density at radius 2 is 1.88 bits per heavy atom. The first kappa shape index (κ1) is 12.5. The van der Waals surface area contributed by atoms with E-state index in [1.54, 1.807) is 17.0 Å². The van der Waals surface area contributed by atoms with E-state index in [0.29, 0.717) is 6.54 Å². The molecule has 1 aromatic rings. The first-order valence-electron chi connectivity index (χ1n) is 5.40. The van der Waals surface area contributed by atoms with E-state index in [9.17, 15) is 9.59 Å². The van der Waals surface area contributed by atoms with E-state index in [-0.39, 0.29) is 23.7 Å². The number of hydrogen-bond acceptors (Lipinski definition) is 2. The second kappa shape index (κ2) is 4.55. The van der Waals surface area contributed by atoms with E-state index in [1.807, 2.05) is 27.7 Å². The zero-order valence-electron chi connectivity index (χ0n) is 10.3. The van der Waals surface area contributed by atoms with Crippen molar-refractivity contribution >= 4 is 5.91 Å². The predicted octanol–water partition coefficient (Wildman–Crippen LogP) is 0.584. The third-order valence-corrected chi connectivity index (χ3v) is 2.09. The molecule has 0 saturated heterocycles. The summed E-state index contributed by atoms with van der Waals surface area (Å²) in [6.45, 7) is 8.30. The molecule has 0 atom stereocenters. The van der Waals surface area contributed by atoms with Gasteiger partial charge in [0.1, 0.15) is 6.54 Å². The van der Waals surface area contributed by atoms with Crippen molar-refractivity contribution in [3.63, 3.8) is 0 Å². The molecule has 0 radical (unpaired) electrons. The zero-order chi connectivity index (χ0) is 12.3. The highest BCUT2D eigenvalue weighted by Crippen LogP contribution is 1.98. The molecular formula is C11H19N3O2. The summed E-state index contributed by atoms with van der Waals surface area (Å²) in [4.78, 5) is 23.2. The van der Waals surface area contributed by atoms with Crippen LogP contribution in [0.5, 0.6) is 0 Å². The maximum atomic E-state index is 11.6. The maximum Gasteiger partial charge on any atom is 0.328 e. The van der Waals surface area contributed by atoms with Crippen LogP contribution in [0.3, 0.4) is 0 Å². The van der Waals surface area contributed by atoms with Crippen LogP contribution in [0.25, 0.3) is 0 Å². The normalized spacial score (nSPS) is 11.5. The van der Waals surface area contributed by atoms with Crippen LogP contribution < -0.4 is 11.0 Å². The van der Waals surface area contributed by atoms with E-state index >= 15 is 0 Å². The standard InChI is InChI=1S/C11H19N3O2/c1-5-13-6-7-14(10(13)16)8-9(15)12-11(2,3)4/h6-7H,5,8H2,1-4H3,(H,12,15). The summed E-state index contributed by atoms with van der Waals surface area (Å²) in [5.41, 5.74) is -0.417. The highest BCUT2D eigenvalue weighted by atomic mass is 16.2. The lowest BCUT2D eigenvalue weighted by Crippen LogP contribution is -2.43. The maximum absolute atomic E-state index is 11.6. The molecule has 16 heavy (non-hydrogen) atoms. The van der Waals surface area contributed by atoms with Gasteiger partial charge in [-0.1, -0.05) is 0 Å². The molecular weight excluding hydrogens is 206 g/mol. The highest BCUT2D eigenvalue weighted by Gasteiger charge is 2.14. The topological polar surface area (TPSA) is 56.0 Å². The first-order chi connectivity index (χ1) is 7.33. The Labute approximate surface area is 95.1 Å². The number of aryl methyl sites for hydroxylation is 1. The van der Waals surface area contributed by atoms with Crippen molar-refractivity contribution in [2.45, 2.75) is 46.3 Å². The van der Waals surface area contributed by atoms with Gasteiger partial charge in [0.05, 0.1) is 0 Å². The molecule has 0 spiro atoms. The van der Waals surface area contributed by atoms with Gasteiger partial charge < -0.3 is 5.32 Å². The Kier molecular flexibility index (Phi) is 3.57. The molecule has 1 rings (SSSR count). The van der Waals surface area contributed by atoms with E-state index < -0.39 is 0 Å². The minimum absolute atomic E-state index is 0.0725. The number of aromatic nitrogens is 2. The smallest absolute Gasteiger partial charge is 0.328 e. The van der Waals surface area contributed by atoms with Gasteiger partial charge in [0.25, 0.3) is 0 Å². The molecule has 0 aromatic carbocycles. The Morgan fingerprint density at radius 1 is 1.31 bits per heavy atom. The number of rotatable bonds is 3. The van der Waals surface area contributed by atoms with Crippen molar-refractivity contribution in [2.24, 2.45) is 0 Å². The van der Waals surface area contributed by atoms with Gasteiger partial charge in [-0.3, -0.25) is 13.9 Å². The molecule has 0 aliphatic carbocycles. The fourth-order valence-electron chi connectivity index (χ4n) is 1.43. The molecule has 0 aliphatic rings. The van der Waals surface area contributed by atoms with Crippen molar-refractivity contribution in [3.8, 4) is 0 Å². The van der Waals surface area contributed by atoms with Crippen molar-refractivity contribution in [3.05, 3.63) is 22.9 Å². The van der Waals surface area contributed by atoms with Crippen molar-refractivity contribution in [1.29, 1.82) is 0 Å². The van der Waals surface area contributed by atoms with E-state index in [0.717, 1.165) is 0 Å². The lowest BCUT2D eigenvalue weighted by molar-refractivity contribution is -0.123. The van der Waals surface area contributed by atoms with Crippen LogP contribution in [-0.2, 0) is 17.9 Å². The van der Waals surface area contributed by atoms with Gasteiger partial charge in [-0.05, 0) is 27.7 Å². The Hall–Kier alpha value is -1.52. The van der Waals surface area contributed by atoms with Crippen LogP contribution in [-0.4, -0.2) is 20.6 Å². The van der Waals surface area contributed by atoms with Gasteiger partial charge in [0.15, 0.2) is 0 Å². The Morgan fingerprint density at radius 3 is 2.31 bits per heavy atom. The van der Waals surface area contributed by atoms with Gasteiger partial charge in [0.2, 0.25) is 5.91 Å². The van der Waals surface area contributed by atoms with Crippen LogP contribution in [0.15, 0.2) is 17.2 Å². The fourth-order valence-corrected chi connectivity index (χ4v) is 1.43. The molecule has 90 valence electrons. The largest absolute Gasteiger partial charge is 0.350 e. The van der Waals surface area contributed by atoms with Crippen molar-refractivity contribution in [2.75, 3.05) is 0 Å². The molecule has 1 amide bonds. The number of imidazole rings is 1. The van der Waals surface area contributed by atoms with Gasteiger partial charge in [0, 0.05) is 24.5 Å². The minimum Gasteiger partial charge on any atom is -0.350 e. The molecule has 5 nitrogen and oxygen atoms in total. The number of nitrogens with zero attached hydrogens (tertiary/aromatic N) is 2. The van der Waals surface area contributed by atoms with E-state index in [4.69, 9.17) is 0 Å². The predicted molar refractivity (Wildman–Crippen MR) is 62.3 cm³/mol. The minimum atomic E-state index is -0.270. The summed E-state index contributed by atoms with van der Waals surface area (Å²) in [6, 6.07) is 0. The van der Waals surface area contributed by atoms with Crippen LogP contribution >= 0.6 is 0 Å². The number of hydrogen-bond donors (Lipinski definition) is 1. The molecule has 1 N–H and O–H groups in total. The molecule has 0 unspecified atom stereocenters. The van der Waals surface area contributed by atoms with Crippen molar-refractivity contribution in [1.82, 2.24) is 14.5 Å². The van der Waals surface area contributed by atoms with Crippen LogP contribution in [0.4, 0.5) is 0 Å². The van der Waals surface area contributed by atoms with Gasteiger partial charge in [-0.25, -0.2) is 4.79 Å². The average Bonchev–Trinajstić information content (AvgIpc) is 2.44. The van der Waals surface area contributed by atoms with E-state index in [1.165, 1.54) is 4.57 Å². The summed E-state index contributed by atoms with van der Waals surface area (Å²) in [7, 11) is 0. The Balaban J connectivity index is 2.71. The molecule has 1 aromatic heterocycles. The van der Waals surface area contributed by atoms with Crippen LogP contribution in [0.1, 0.15) is 27.7 Å². The summed E-state index contributed by atoms with van der Waals surface area (Å²) in [5, 5.41) is 2.81. The number of carbonyl (C=O) groups is 1. The molecule has 0 aliphatic heterocycles. The summed E-state index contributed by atoms with van der Waals surface area (Å²) in [5.74, 6) is -0.150. The molecule has 5 heteroatoms. The lowest BCUT2D eigenvalue weighted by Gasteiger charge is -2.20. The first-order valence-corrected chi connectivity index (χ1v) is 5.40. The molecule has 0 saturated carbocycles. The monoisotopic (exact) mass is 225 g/mol. The zero-order valence-corrected chi connectivity index (χ0v) is 10.3. The Bertz CT molecular complexity index is 423. The third-order valence-electron chi connectivity index (χ3n) is 2.09. The molecule has 0 fully saturated rings. The van der Waals surface area contributed by atoms with E-state index in [2.05, 4.69) is 5.32 Å². The number of nitrogens with one attached hydrogen (secondary N) is 1. The van der Waals surface area contributed by atoms with Crippen LogP contribution in [0.2, 0.25) is 0 Å². The average molecular weight is 225 g/mol. The highest BCUT2D eigenvalue weighted by molar-refractivity contribution is 5.76. The summed E-state index contributed by atoms with van der Waals surface area (Å²) in [6.07, 6.45) is 3.32. The SMILES string of the molecule is CCn1ccn(CC(=O)NC(C)(C)C)c1=O. The second-order valence-corrected chi connectivity index (χ2v) is 4.79. The lowest BCUT2D eigenvalue weighted by atomic mass is 10.1. The number of carbonyl (C=O) groups excluding carboxylic acids is 1. The molecule has 0 bridgehead atoms. The van der Waals surface area contributed by atoms with Crippen LogP contribution in [0, 0.1) is 0 Å². The van der Waals surface area contributed by atoms with Gasteiger partial charge in [-0.2, -0.15) is 0 Å². The quantitative estimate of drug-likeness (QED) is 0.818. The van der Waals surface area contributed by atoms with Gasteiger partial charge >= 0.3 is 5.69 Å². The third kappa shape index (κ3) is 3.25. The summed E-state index contributed by atoms with van der Waals surface area (Å²) >= 11 is 0.